The molecule has 0 spiro atoms. The Bertz CT molecular complexity index is 2220. The predicted molar refractivity (Wildman–Crippen MR) is 223 cm³/mol. The molecule has 8 rings (SSSR count). The third-order valence-electron chi connectivity index (χ3n) is 9.54. The van der Waals surface area contributed by atoms with Crippen molar-refractivity contribution < 1.29 is 5.11 Å². The van der Waals surface area contributed by atoms with Gasteiger partial charge in [0.1, 0.15) is 0 Å². The standard InChI is InChI=1S/C49H35IO/c50-49(51,43-33-31-41(35-19-7-1-8-20-35)45(37-23-11-3-12-24-37)47(43)39-27-15-5-16-28-39)44-34-32-42(36-21-9-2-10-22-36)46(38-25-13-4-14-26-38)48(44)40-29-17-6-18-30-40/h1-34,51H. The Balaban J connectivity index is 1.49. The Hall–Kier alpha value is -5.55. The molecule has 0 aliphatic carbocycles. The monoisotopic (exact) mass is 766 g/mol. The summed E-state index contributed by atoms with van der Waals surface area (Å²) in [5.41, 5.74) is 14.6. The van der Waals surface area contributed by atoms with Crippen molar-refractivity contribution in [2.75, 3.05) is 0 Å². The van der Waals surface area contributed by atoms with Gasteiger partial charge in [-0.05, 0) is 89.4 Å². The molecule has 0 saturated carbocycles. The molecule has 8 aromatic rings. The van der Waals surface area contributed by atoms with E-state index >= 15 is 0 Å². The summed E-state index contributed by atoms with van der Waals surface area (Å²) in [6.07, 6.45) is 0. The van der Waals surface area contributed by atoms with Crippen molar-refractivity contribution in [2.24, 2.45) is 0 Å². The van der Waals surface area contributed by atoms with E-state index in [4.69, 9.17) is 0 Å². The first-order valence-electron chi connectivity index (χ1n) is 17.2. The Labute approximate surface area is 313 Å². The van der Waals surface area contributed by atoms with Crippen LogP contribution in [0.1, 0.15) is 11.1 Å². The molecule has 0 unspecified atom stereocenters. The van der Waals surface area contributed by atoms with Crippen molar-refractivity contribution in [3.05, 3.63) is 217 Å². The molecule has 2 heteroatoms. The average Bonchev–Trinajstić information content (AvgIpc) is 3.21. The SMILES string of the molecule is OC(I)(c1ccc(-c2ccccc2)c(-c2ccccc2)c1-c1ccccc1)c1ccc(-c2ccccc2)c(-c2ccccc2)c1-c1ccccc1. The normalized spacial score (nSPS) is 11.3. The molecule has 1 N–H and O–H groups in total. The van der Waals surface area contributed by atoms with Crippen molar-refractivity contribution in [1.29, 1.82) is 0 Å². The van der Waals surface area contributed by atoms with Crippen molar-refractivity contribution in [1.82, 2.24) is 0 Å². The zero-order chi connectivity index (χ0) is 34.6. The van der Waals surface area contributed by atoms with Gasteiger partial charge in [0.25, 0.3) is 0 Å². The summed E-state index contributed by atoms with van der Waals surface area (Å²) in [4.78, 5) is 0. The highest BCUT2D eigenvalue weighted by Gasteiger charge is 2.37. The number of hydrogen-bond acceptors (Lipinski definition) is 1. The first kappa shape index (κ1) is 32.6. The molecule has 0 radical (unpaired) electrons. The molecular formula is C49H35IO. The lowest BCUT2D eigenvalue weighted by atomic mass is 9.79. The lowest BCUT2D eigenvalue weighted by Crippen LogP contribution is -2.22. The van der Waals surface area contributed by atoms with E-state index in [1.165, 1.54) is 0 Å². The summed E-state index contributed by atoms with van der Waals surface area (Å²) in [6.45, 7) is 0. The molecule has 0 amide bonds. The van der Waals surface area contributed by atoms with Crippen LogP contribution in [0.3, 0.4) is 0 Å². The van der Waals surface area contributed by atoms with E-state index in [1.807, 2.05) is 12.1 Å². The topological polar surface area (TPSA) is 20.2 Å². The van der Waals surface area contributed by atoms with Gasteiger partial charge in [0, 0.05) is 11.1 Å². The Morgan fingerprint density at radius 2 is 0.510 bits per heavy atom. The molecule has 0 bridgehead atoms. The molecule has 0 saturated heterocycles. The highest BCUT2D eigenvalue weighted by molar-refractivity contribution is 14.1. The second kappa shape index (κ2) is 14.4. The Morgan fingerprint density at radius 1 is 0.275 bits per heavy atom. The third kappa shape index (κ3) is 6.33. The van der Waals surface area contributed by atoms with E-state index in [2.05, 4.69) is 217 Å². The molecule has 0 aliphatic heterocycles. The molecule has 51 heavy (non-hydrogen) atoms. The van der Waals surface area contributed by atoms with Gasteiger partial charge in [-0.15, -0.1) is 0 Å². The van der Waals surface area contributed by atoms with Crippen molar-refractivity contribution in [2.45, 2.75) is 3.61 Å². The minimum atomic E-state index is -1.44. The maximum atomic E-state index is 13.4. The first-order valence-corrected chi connectivity index (χ1v) is 18.3. The summed E-state index contributed by atoms with van der Waals surface area (Å²) in [7, 11) is 0. The smallest absolute Gasteiger partial charge is 0.167 e. The van der Waals surface area contributed by atoms with Crippen LogP contribution in [0.2, 0.25) is 0 Å². The molecule has 1 nitrogen and oxygen atoms in total. The summed E-state index contributed by atoms with van der Waals surface area (Å²) in [5, 5.41) is 13.4. The van der Waals surface area contributed by atoms with Gasteiger partial charge in [0.2, 0.25) is 0 Å². The predicted octanol–water partition coefficient (Wildman–Crippen LogP) is 13.3. The molecular weight excluding hydrogens is 731 g/mol. The molecule has 8 aromatic carbocycles. The number of benzene rings is 8. The van der Waals surface area contributed by atoms with Crippen LogP contribution in [0, 0.1) is 0 Å². The van der Waals surface area contributed by atoms with Crippen molar-refractivity contribution in [3.8, 4) is 66.8 Å². The van der Waals surface area contributed by atoms with Crippen LogP contribution in [0.25, 0.3) is 66.8 Å². The van der Waals surface area contributed by atoms with Gasteiger partial charge in [0.15, 0.2) is 3.61 Å². The summed E-state index contributed by atoms with van der Waals surface area (Å²) in [5.74, 6) is 0. The zero-order valence-electron chi connectivity index (χ0n) is 28.0. The van der Waals surface area contributed by atoms with Crippen molar-refractivity contribution >= 4 is 22.6 Å². The van der Waals surface area contributed by atoms with Gasteiger partial charge in [-0.2, -0.15) is 0 Å². The number of hydrogen-bond donors (Lipinski definition) is 1. The second-order valence-corrected chi connectivity index (χ2v) is 14.2. The van der Waals surface area contributed by atoms with Gasteiger partial charge in [-0.1, -0.05) is 206 Å². The summed E-state index contributed by atoms with van der Waals surface area (Å²) >= 11 is 2.29. The minimum absolute atomic E-state index is 0.830. The van der Waals surface area contributed by atoms with E-state index in [1.54, 1.807) is 0 Å². The van der Waals surface area contributed by atoms with Gasteiger partial charge in [0.05, 0.1) is 0 Å². The lowest BCUT2D eigenvalue weighted by Gasteiger charge is -2.32. The molecule has 0 atom stereocenters. The Kier molecular flexibility index (Phi) is 9.19. The van der Waals surface area contributed by atoms with Crippen LogP contribution in [0.5, 0.6) is 0 Å². The lowest BCUT2D eigenvalue weighted by molar-refractivity contribution is 0.202. The van der Waals surface area contributed by atoms with Crippen LogP contribution in [0.4, 0.5) is 0 Å². The second-order valence-electron chi connectivity index (χ2n) is 12.6. The zero-order valence-corrected chi connectivity index (χ0v) is 30.1. The molecule has 0 aromatic heterocycles. The maximum absolute atomic E-state index is 13.4. The van der Waals surface area contributed by atoms with Crippen LogP contribution >= 0.6 is 22.6 Å². The quantitative estimate of drug-likeness (QED) is 0.121. The highest BCUT2D eigenvalue weighted by atomic mass is 127. The minimum Gasteiger partial charge on any atom is -0.371 e. The molecule has 0 fully saturated rings. The summed E-state index contributed by atoms with van der Waals surface area (Å²) < 4.78 is -1.44. The third-order valence-corrected chi connectivity index (χ3v) is 10.7. The number of alkyl halides is 1. The van der Waals surface area contributed by atoms with E-state index in [9.17, 15) is 5.11 Å². The van der Waals surface area contributed by atoms with Crippen LogP contribution < -0.4 is 0 Å². The van der Waals surface area contributed by atoms with Crippen molar-refractivity contribution in [3.63, 3.8) is 0 Å². The van der Waals surface area contributed by atoms with E-state index in [0.29, 0.717) is 0 Å². The first-order chi connectivity index (χ1) is 25.1. The van der Waals surface area contributed by atoms with Crippen LogP contribution in [-0.2, 0) is 3.61 Å². The highest BCUT2D eigenvalue weighted by Crippen LogP contribution is 2.53. The fraction of sp³-hybridized carbons (Fsp3) is 0.0204. The van der Waals surface area contributed by atoms with Gasteiger partial charge in [-0.3, -0.25) is 0 Å². The maximum Gasteiger partial charge on any atom is 0.167 e. The molecule has 0 heterocycles. The molecule has 0 aliphatic rings. The average molecular weight is 767 g/mol. The van der Waals surface area contributed by atoms with E-state index in [0.717, 1.165) is 77.9 Å². The summed E-state index contributed by atoms with van der Waals surface area (Å²) in [6, 6.07) is 71.8. The van der Waals surface area contributed by atoms with E-state index < -0.39 is 3.61 Å². The number of aliphatic hydroxyl groups is 1. The molecule has 244 valence electrons. The fourth-order valence-electron chi connectivity index (χ4n) is 7.24. The Morgan fingerprint density at radius 3 is 0.784 bits per heavy atom. The fourth-order valence-corrected chi connectivity index (χ4v) is 8.14. The van der Waals surface area contributed by atoms with E-state index in [-0.39, 0.29) is 0 Å². The number of halogens is 1. The van der Waals surface area contributed by atoms with Gasteiger partial charge >= 0.3 is 0 Å². The van der Waals surface area contributed by atoms with Gasteiger partial charge < -0.3 is 5.11 Å². The largest absolute Gasteiger partial charge is 0.371 e. The van der Waals surface area contributed by atoms with Crippen LogP contribution in [-0.4, -0.2) is 5.11 Å². The van der Waals surface area contributed by atoms with Gasteiger partial charge in [-0.25, -0.2) is 0 Å². The number of rotatable bonds is 8. The van der Waals surface area contributed by atoms with Crippen LogP contribution in [0.15, 0.2) is 206 Å².